The Hall–Kier alpha value is -0.340. The van der Waals surface area contributed by atoms with Crippen LogP contribution in [0.2, 0.25) is 0 Å². The highest BCUT2D eigenvalue weighted by Crippen LogP contribution is 2.31. The van der Waals surface area contributed by atoms with Gasteiger partial charge in [-0.05, 0) is 15.9 Å². The van der Waals surface area contributed by atoms with Crippen LogP contribution in [0.15, 0.2) is 15.7 Å². The van der Waals surface area contributed by atoms with Crippen molar-refractivity contribution in [3.05, 3.63) is 22.1 Å². The Balaban J connectivity index is 3.48. The third-order valence-electron chi connectivity index (χ3n) is 1.42. The third-order valence-corrected chi connectivity index (χ3v) is 3.62. The maximum atomic E-state index is 13.2. The Morgan fingerprint density at radius 3 is 2.40 bits per heavy atom. The van der Waals surface area contributed by atoms with E-state index < -0.39 is 36.4 Å². The van der Waals surface area contributed by atoms with Crippen molar-refractivity contribution in [3.8, 4) is 0 Å². The maximum absolute atomic E-state index is 13.2. The van der Waals surface area contributed by atoms with E-state index in [0.29, 0.717) is 6.20 Å². The highest BCUT2D eigenvalue weighted by Gasteiger charge is 2.24. The second-order valence-electron chi connectivity index (χ2n) is 2.39. The van der Waals surface area contributed by atoms with Gasteiger partial charge < -0.3 is 0 Å². The summed E-state index contributed by atoms with van der Waals surface area (Å²) < 4.78 is 58.4. The van der Waals surface area contributed by atoms with Crippen LogP contribution in [0.4, 0.5) is 13.2 Å². The number of hydrogen-bond donors (Lipinski definition) is 0. The van der Waals surface area contributed by atoms with Crippen LogP contribution in [0.25, 0.3) is 0 Å². The van der Waals surface area contributed by atoms with E-state index in [-0.39, 0.29) is 0 Å². The average molecular weight is 325 g/mol. The summed E-state index contributed by atoms with van der Waals surface area (Å²) in [6, 6.07) is 0. The molecule has 0 aromatic carbocycles. The van der Waals surface area contributed by atoms with Crippen molar-refractivity contribution in [1.29, 1.82) is 0 Å². The highest BCUT2D eigenvalue weighted by molar-refractivity contribution is 9.10. The Bertz CT molecular complexity index is 493. The number of alkyl halides is 2. The zero-order chi connectivity index (χ0) is 11.8. The molecular formula is C6H2BrClF3NO2S. The van der Waals surface area contributed by atoms with E-state index in [9.17, 15) is 21.6 Å². The van der Waals surface area contributed by atoms with Crippen molar-refractivity contribution in [3.63, 3.8) is 0 Å². The molecule has 0 N–H and O–H groups in total. The first-order valence-electron chi connectivity index (χ1n) is 3.32. The van der Waals surface area contributed by atoms with Gasteiger partial charge in [-0.25, -0.2) is 26.6 Å². The summed E-state index contributed by atoms with van der Waals surface area (Å²) in [6.45, 7) is 0. The number of pyridine rings is 1. The lowest BCUT2D eigenvalue weighted by Gasteiger charge is -2.05. The fourth-order valence-electron chi connectivity index (χ4n) is 0.784. The quantitative estimate of drug-likeness (QED) is 0.786. The van der Waals surface area contributed by atoms with Crippen LogP contribution in [-0.4, -0.2) is 13.4 Å². The van der Waals surface area contributed by atoms with E-state index in [2.05, 4.69) is 20.9 Å². The van der Waals surface area contributed by atoms with Gasteiger partial charge in [-0.1, -0.05) is 0 Å². The molecule has 0 saturated carbocycles. The molecule has 84 valence electrons. The molecule has 0 bridgehead atoms. The second-order valence-corrected chi connectivity index (χ2v) is 5.66. The lowest BCUT2D eigenvalue weighted by molar-refractivity contribution is 0.145. The maximum Gasteiger partial charge on any atom is 0.279 e. The number of rotatable bonds is 2. The summed E-state index contributed by atoms with van der Waals surface area (Å²) in [5.74, 6) is -1.39. The van der Waals surface area contributed by atoms with Gasteiger partial charge in [0.05, 0.1) is 10.0 Å². The van der Waals surface area contributed by atoms with Gasteiger partial charge in [0.1, 0.15) is 0 Å². The Labute approximate surface area is 95.8 Å². The zero-order valence-corrected chi connectivity index (χ0v) is 9.87. The molecule has 0 fully saturated rings. The molecule has 1 aromatic rings. The van der Waals surface area contributed by atoms with Crippen molar-refractivity contribution in [2.24, 2.45) is 0 Å². The van der Waals surface area contributed by atoms with Crippen molar-refractivity contribution in [2.75, 3.05) is 0 Å². The molecule has 1 aromatic heterocycles. The minimum Gasteiger partial charge on any atom is -0.242 e. The minimum absolute atomic E-state index is 0.431. The minimum atomic E-state index is -4.27. The smallest absolute Gasteiger partial charge is 0.242 e. The molecule has 0 radical (unpaired) electrons. The van der Waals surface area contributed by atoms with Gasteiger partial charge in [-0.2, -0.15) is 0 Å². The van der Waals surface area contributed by atoms with E-state index in [1.807, 2.05) is 0 Å². The number of halogens is 5. The monoisotopic (exact) mass is 323 g/mol. The van der Waals surface area contributed by atoms with E-state index in [1.54, 1.807) is 0 Å². The molecule has 0 spiro atoms. The number of nitrogens with zero attached hydrogens (tertiary/aromatic N) is 1. The van der Waals surface area contributed by atoms with E-state index in [4.69, 9.17) is 10.7 Å². The SMILES string of the molecule is O=S(=O)(Cl)c1ncc(C(F)F)c(F)c1Br. The van der Waals surface area contributed by atoms with Gasteiger partial charge in [-0.15, -0.1) is 0 Å². The largest absolute Gasteiger partial charge is 0.279 e. The zero-order valence-electron chi connectivity index (χ0n) is 6.72. The first-order valence-corrected chi connectivity index (χ1v) is 6.42. The number of aromatic nitrogens is 1. The predicted molar refractivity (Wildman–Crippen MR) is 49.9 cm³/mol. The van der Waals surface area contributed by atoms with Gasteiger partial charge in [-0.3, -0.25) is 0 Å². The predicted octanol–water partition coefficient (Wildman–Crippen LogP) is 2.85. The summed E-state index contributed by atoms with van der Waals surface area (Å²) in [5.41, 5.74) is -0.994. The van der Waals surface area contributed by atoms with Crippen molar-refractivity contribution in [2.45, 2.75) is 11.5 Å². The van der Waals surface area contributed by atoms with Crippen molar-refractivity contribution in [1.82, 2.24) is 4.98 Å². The molecule has 9 heteroatoms. The first kappa shape index (κ1) is 12.7. The Morgan fingerprint density at radius 1 is 1.47 bits per heavy atom. The standard InChI is InChI=1S/C6H2BrClF3NO2S/c7-3-4(9)2(5(10)11)1-12-6(3)15(8,13)14/h1,5H. The van der Waals surface area contributed by atoms with Crippen LogP contribution in [0.3, 0.4) is 0 Å². The molecule has 0 unspecified atom stereocenters. The van der Waals surface area contributed by atoms with Crippen molar-refractivity contribution < 1.29 is 21.6 Å². The molecule has 0 atom stereocenters. The van der Waals surface area contributed by atoms with Crippen LogP contribution >= 0.6 is 26.6 Å². The van der Waals surface area contributed by atoms with Crippen molar-refractivity contribution >= 4 is 35.7 Å². The number of hydrogen-bond acceptors (Lipinski definition) is 3. The first-order chi connectivity index (χ1) is 6.75. The summed E-state index contributed by atoms with van der Waals surface area (Å²) in [5, 5.41) is -0.828. The molecular weight excluding hydrogens is 322 g/mol. The normalized spacial score (nSPS) is 12.1. The second kappa shape index (κ2) is 4.26. The van der Waals surface area contributed by atoms with Gasteiger partial charge >= 0.3 is 0 Å². The molecule has 0 aliphatic rings. The Morgan fingerprint density at radius 2 is 2.00 bits per heavy atom. The highest BCUT2D eigenvalue weighted by atomic mass is 79.9. The summed E-state index contributed by atoms with van der Waals surface area (Å²) >= 11 is 2.50. The molecule has 1 heterocycles. The fourth-order valence-corrected chi connectivity index (χ4v) is 2.87. The van der Waals surface area contributed by atoms with Gasteiger partial charge in [0.2, 0.25) is 0 Å². The molecule has 1 rings (SSSR count). The molecule has 0 aliphatic carbocycles. The fraction of sp³-hybridized carbons (Fsp3) is 0.167. The van der Waals surface area contributed by atoms with Gasteiger partial charge in [0, 0.05) is 16.9 Å². The summed E-state index contributed by atoms with van der Waals surface area (Å²) in [7, 11) is 0.624. The molecule has 0 saturated heterocycles. The third kappa shape index (κ3) is 2.61. The van der Waals surface area contributed by atoms with Crippen LogP contribution in [0, 0.1) is 5.82 Å². The summed E-state index contributed by atoms with van der Waals surface area (Å²) in [4.78, 5) is 3.14. The van der Waals surface area contributed by atoms with E-state index in [1.165, 1.54) is 0 Å². The molecule has 3 nitrogen and oxygen atoms in total. The Kier molecular flexibility index (Phi) is 3.62. The average Bonchev–Trinajstić information content (AvgIpc) is 2.06. The van der Waals surface area contributed by atoms with E-state index in [0.717, 1.165) is 0 Å². The lowest BCUT2D eigenvalue weighted by Crippen LogP contribution is -2.02. The van der Waals surface area contributed by atoms with Gasteiger partial charge in [0.25, 0.3) is 15.5 Å². The topological polar surface area (TPSA) is 47.0 Å². The van der Waals surface area contributed by atoms with Crippen LogP contribution in [-0.2, 0) is 9.05 Å². The van der Waals surface area contributed by atoms with Crippen LogP contribution in [0.5, 0.6) is 0 Å². The van der Waals surface area contributed by atoms with Crippen LogP contribution < -0.4 is 0 Å². The summed E-state index contributed by atoms with van der Waals surface area (Å²) in [6.07, 6.45) is -2.65. The lowest BCUT2D eigenvalue weighted by atomic mass is 10.3. The van der Waals surface area contributed by atoms with Gasteiger partial charge in [0.15, 0.2) is 10.8 Å². The molecule has 0 amide bonds. The van der Waals surface area contributed by atoms with E-state index >= 15 is 0 Å². The van der Waals surface area contributed by atoms with Crippen LogP contribution in [0.1, 0.15) is 12.0 Å². The molecule has 0 aliphatic heterocycles. The molecule has 15 heavy (non-hydrogen) atoms.